The number of rotatable bonds is 7. The van der Waals surface area contributed by atoms with Crippen molar-refractivity contribution in [3.63, 3.8) is 0 Å². The molecule has 0 amide bonds. The summed E-state index contributed by atoms with van der Waals surface area (Å²) in [6.07, 6.45) is -11.3. The third kappa shape index (κ3) is 9.46. The summed E-state index contributed by atoms with van der Waals surface area (Å²) in [4.78, 5) is 42.0. The molecular formula is C37H63NO15. The molecule has 0 aliphatic carbocycles. The quantitative estimate of drug-likeness (QED) is 0.252. The van der Waals surface area contributed by atoms with Crippen molar-refractivity contribution in [2.75, 3.05) is 21.2 Å². The Balaban J connectivity index is 1.79. The fraction of sp³-hybridized carbons (Fsp3) is 0.919. The number of nitrogens with zero attached hydrogens (tertiary/aromatic N) is 1. The van der Waals surface area contributed by atoms with Gasteiger partial charge >= 0.3 is 18.1 Å². The van der Waals surface area contributed by atoms with Crippen molar-refractivity contribution in [2.24, 2.45) is 11.8 Å². The van der Waals surface area contributed by atoms with Gasteiger partial charge in [0, 0.05) is 31.9 Å². The first-order chi connectivity index (χ1) is 24.6. The first-order valence-corrected chi connectivity index (χ1v) is 18.8. The van der Waals surface area contributed by atoms with Gasteiger partial charge in [0.2, 0.25) is 0 Å². The van der Waals surface area contributed by atoms with E-state index in [1.54, 1.807) is 41.5 Å². The molecule has 16 nitrogen and oxygen atoms in total. The average molecular weight is 762 g/mol. The molecule has 4 aliphatic heterocycles. The van der Waals surface area contributed by atoms with E-state index >= 15 is 0 Å². The molecule has 53 heavy (non-hydrogen) atoms. The first kappa shape index (κ1) is 43.6. The topological polar surface area (TPSA) is 198 Å². The van der Waals surface area contributed by atoms with Crippen LogP contribution in [0.3, 0.4) is 0 Å². The van der Waals surface area contributed by atoms with Gasteiger partial charge < -0.3 is 62.9 Å². The standard InChI is InChI=1S/C37H63NO15/c1-13-25-37(9)31(52-34(43)53-37)21(5)32(42)46-19(3)16-35(7,44)30(51-33-28(40)23(38(10)11)14-18(2)47-33)20(4)24(15-26(39)50-25)49-27-17-36(8,45-12)29(41)22(6)48-27/h18-25,27-31,33,40-41,44H,13-17H2,1-12H3/t18-,19-,20+,21+,22+,23+,24+,25?,27+,28-,29+,30-,31-,33+,35+,36-,37-/m1/s1. The molecule has 0 aromatic carbocycles. The largest absolute Gasteiger partial charge is 0.509 e. The number of carbonyl (C=O) groups is 3. The Morgan fingerprint density at radius 1 is 0.906 bits per heavy atom. The molecule has 4 rings (SSSR count). The molecule has 0 aromatic heterocycles. The van der Waals surface area contributed by atoms with Gasteiger partial charge in [0.05, 0.1) is 48.0 Å². The van der Waals surface area contributed by atoms with Gasteiger partial charge in [0.15, 0.2) is 24.3 Å². The average Bonchev–Trinajstić information content (AvgIpc) is 3.38. The van der Waals surface area contributed by atoms with Crippen molar-refractivity contribution in [3.8, 4) is 0 Å². The highest BCUT2D eigenvalue weighted by atomic mass is 16.8. The lowest BCUT2D eigenvalue weighted by atomic mass is 9.81. The number of ether oxygens (including phenoxy) is 9. The minimum atomic E-state index is -1.78. The molecule has 0 spiro atoms. The second kappa shape index (κ2) is 16.9. The highest BCUT2D eigenvalue weighted by molar-refractivity contribution is 5.75. The Labute approximate surface area is 313 Å². The molecule has 4 heterocycles. The fourth-order valence-electron chi connectivity index (χ4n) is 8.45. The van der Waals surface area contributed by atoms with Crippen LogP contribution in [0, 0.1) is 11.8 Å². The maximum Gasteiger partial charge on any atom is 0.509 e. The van der Waals surface area contributed by atoms with E-state index in [0.29, 0.717) is 6.42 Å². The van der Waals surface area contributed by atoms with Gasteiger partial charge in [-0.15, -0.1) is 0 Å². The summed E-state index contributed by atoms with van der Waals surface area (Å²) in [6.45, 7) is 15.0. The molecule has 4 aliphatic rings. The van der Waals surface area contributed by atoms with Crippen LogP contribution in [0.2, 0.25) is 0 Å². The molecule has 1 unspecified atom stereocenters. The van der Waals surface area contributed by atoms with Crippen LogP contribution in [0.4, 0.5) is 4.79 Å². The van der Waals surface area contributed by atoms with Gasteiger partial charge in [0.25, 0.3) is 0 Å². The smallest absolute Gasteiger partial charge is 0.462 e. The van der Waals surface area contributed by atoms with E-state index in [9.17, 15) is 29.7 Å². The lowest BCUT2D eigenvalue weighted by molar-refractivity contribution is -0.315. The highest BCUT2D eigenvalue weighted by Crippen LogP contribution is 2.41. The predicted molar refractivity (Wildman–Crippen MR) is 186 cm³/mol. The number of aliphatic hydroxyl groups is 3. The number of aliphatic hydroxyl groups excluding tert-OH is 2. The zero-order chi connectivity index (χ0) is 39.8. The van der Waals surface area contributed by atoms with E-state index in [1.165, 1.54) is 21.0 Å². The lowest BCUT2D eigenvalue weighted by Gasteiger charge is -2.48. The number of carbonyl (C=O) groups excluding carboxylic acids is 3. The molecule has 0 aromatic rings. The van der Waals surface area contributed by atoms with Crippen LogP contribution >= 0.6 is 0 Å². The van der Waals surface area contributed by atoms with Gasteiger partial charge in [-0.25, -0.2) is 4.79 Å². The van der Waals surface area contributed by atoms with Crippen molar-refractivity contribution in [3.05, 3.63) is 0 Å². The van der Waals surface area contributed by atoms with Crippen molar-refractivity contribution in [2.45, 2.75) is 185 Å². The zero-order valence-electron chi connectivity index (χ0n) is 33.3. The summed E-state index contributed by atoms with van der Waals surface area (Å²) in [5.41, 5.74) is -4.38. The summed E-state index contributed by atoms with van der Waals surface area (Å²) < 4.78 is 54.0. The molecule has 0 bridgehead atoms. The Morgan fingerprint density at radius 3 is 2.17 bits per heavy atom. The van der Waals surface area contributed by atoms with E-state index in [2.05, 4.69) is 0 Å². The SMILES string of the molecule is CCC1OC(=O)C[C@H](O[C@H]2C[C@@](C)(OC)[C@@H](O)[C@H](C)O2)[C@H](C)[C@@H](O[C@@H]2O[C@H](C)C[C@H](N(C)C)[C@H]2O)[C@@](C)(O)C[C@@H](C)OC(=O)[C@@H](C)[C@H]2OC(=O)O[C@]12C. The van der Waals surface area contributed by atoms with Gasteiger partial charge in [-0.3, -0.25) is 9.59 Å². The molecule has 0 saturated carbocycles. The summed E-state index contributed by atoms with van der Waals surface area (Å²) in [5, 5.41) is 34.7. The fourth-order valence-corrected chi connectivity index (χ4v) is 8.45. The Kier molecular flexibility index (Phi) is 13.9. The van der Waals surface area contributed by atoms with Crippen LogP contribution in [0.5, 0.6) is 0 Å². The summed E-state index contributed by atoms with van der Waals surface area (Å²) in [6, 6.07) is -0.326. The number of hydrogen-bond acceptors (Lipinski definition) is 16. The predicted octanol–water partition coefficient (Wildman–Crippen LogP) is 2.45. The van der Waals surface area contributed by atoms with E-state index in [4.69, 9.17) is 42.6 Å². The van der Waals surface area contributed by atoms with Gasteiger partial charge in [-0.05, 0) is 75.4 Å². The van der Waals surface area contributed by atoms with Crippen molar-refractivity contribution < 1.29 is 72.3 Å². The molecule has 4 fully saturated rings. The monoisotopic (exact) mass is 761 g/mol. The van der Waals surface area contributed by atoms with Crippen LogP contribution < -0.4 is 0 Å². The lowest BCUT2D eigenvalue weighted by Crippen LogP contribution is -2.60. The minimum Gasteiger partial charge on any atom is -0.462 e. The molecule has 16 heteroatoms. The number of likely N-dealkylation sites (N-methyl/N-ethyl adjacent to an activating group) is 1. The third-order valence-electron chi connectivity index (χ3n) is 11.6. The summed E-state index contributed by atoms with van der Waals surface area (Å²) in [5.74, 6) is -3.33. The number of methoxy groups -OCH3 is 1. The zero-order valence-corrected chi connectivity index (χ0v) is 33.3. The molecule has 3 N–H and O–H groups in total. The number of hydrogen-bond donors (Lipinski definition) is 3. The van der Waals surface area contributed by atoms with Crippen LogP contribution in [-0.2, 0) is 52.2 Å². The summed E-state index contributed by atoms with van der Waals surface area (Å²) >= 11 is 0. The maximum absolute atomic E-state index is 14.0. The maximum atomic E-state index is 14.0. The summed E-state index contributed by atoms with van der Waals surface area (Å²) in [7, 11) is 5.17. The van der Waals surface area contributed by atoms with Gasteiger partial charge in [-0.1, -0.05) is 13.8 Å². The molecule has 306 valence electrons. The number of esters is 2. The Bertz CT molecular complexity index is 1280. The molecule has 0 radical (unpaired) electrons. The molecular weight excluding hydrogens is 698 g/mol. The molecule has 4 saturated heterocycles. The Hall–Kier alpha value is -2.15. The number of fused-ring (bicyclic) bond motifs is 1. The van der Waals surface area contributed by atoms with E-state index in [0.717, 1.165) is 0 Å². The van der Waals surface area contributed by atoms with Crippen LogP contribution in [-0.4, -0.2) is 150 Å². The van der Waals surface area contributed by atoms with Gasteiger partial charge in [0.1, 0.15) is 24.4 Å². The van der Waals surface area contributed by atoms with Crippen LogP contribution in [0.1, 0.15) is 94.4 Å². The second-order valence-corrected chi connectivity index (χ2v) is 16.4. The Morgan fingerprint density at radius 2 is 1.57 bits per heavy atom. The normalized spacial score (nSPS) is 47.7. The van der Waals surface area contributed by atoms with Crippen molar-refractivity contribution >= 4 is 18.1 Å². The van der Waals surface area contributed by atoms with Crippen LogP contribution in [0.25, 0.3) is 0 Å². The van der Waals surface area contributed by atoms with E-state index < -0.39 is 108 Å². The van der Waals surface area contributed by atoms with E-state index in [1.807, 2.05) is 25.9 Å². The second-order valence-electron chi connectivity index (χ2n) is 16.4. The van der Waals surface area contributed by atoms with Crippen molar-refractivity contribution in [1.29, 1.82) is 0 Å². The first-order valence-electron chi connectivity index (χ1n) is 18.8. The molecule has 17 atom stereocenters. The van der Waals surface area contributed by atoms with E-state index in [-0.39, 0.29) is 37.8 Å². The third-order valence-corrected chi connectivity index (χ3v) is 11.6. The highest BCUT2D eigenvalue weighted by Gasteiger charge is 2.59. The van der Waals surface area contributed by atoms with Crippen LogP contribution in [0.15, 0.2) is 0 Å². The van der Waals surface area contributed by atoms with Gasteiger partial charge in [-0.2, -0.15) is 0 Å². The van der Waals surface area contributed by atoms with Crippen molar-refractivity contribution in [1.82, 2.24) is 4.90 Å². The minimum absolute atomic E-state index is 0.0944. The number of cyclic esters (lactones) is 2.